The van der Waals surface area contributed by atoms with Crippen molar-refractivity contribution in [3.8, 4) is 0 Å². The van der Waals surface area contributed by atoms with Crippen molar-refractivity contribution in [1.29, 1.82) is 0 Å². The molecule has 0 amide bonds. The van der Waals surface area contributed by atoms with E-state index < -0.39 is 0 Å². The van der Waals surface area contributed by atoms with Crippen molar-refractivity contribution in [3.05, 3.63) is 35.6 Å². The zero-order valence-corrected chi connectivity index (χ0v) is 16.8. The van der Waals surface area contributed by atoms with Crippen molar-refractivity contribution >= 4 is 5.96 Å². The Morgan fingerprint density at radius 1 is 1.23 bits per heavy atom. The first-order valence-corrected chi connectivity index (χ1v) is 9.98. The second-order valence-corrected chi connectivity index (χ2v) is 7.43. The summed E-state index contributed by atoms with van der Waals surface area (Å²) in [5, 5.41) is 6.97. The first kappa shape index (κ1) is 20.7. The molecule has 4 nitrogen and oxygen atoms in total. The Labute approximate surface area is 158 Å². The summed E-state index contributed by atoms with van der Waals surface area (Å²) in [7, 11) is 1.81. The third-order valence-corrected chi connectivity index (χ3v) is 5.52. The molecule has 1 aromatic carbocycles. The fourth-order valence-corrected chi connectivity index (χ4v) is 3.44. The number of hydrogen-bond donors (Lipinski definition) is 2. The first-order valence-electron chi connectivity index (χ1n) is 9.98. The van der Waals surface area contributed by atoms with E-state index in [9.17, 15) is 4.39 Å². The van der Waals surface area contributed by atoms with E-state index in [1.54, 1.807) is 12.1 Å². The summed E-state index contributed by atoms with van der Waals surface area (Å²) in [5.41, 5.74) is 1.35. The predicted molar refractivity (Wildman–Crippen MR) is 108 cm³/mol. The van der Waals surface area contributed by atoms with Crippen molar-refractivity contribution in [1.82, 2.24) is 15.5 Å². The predicted octanol–water partition coefficient (Wildman–Crippen LogP) is 3.53. The minimum atomic E-state index is -0.173. The van der Waals surface area contributed by atoms with Crippen LogP contribution in [0.1, 0.15) is 52.0 Å². The van der Waals surface area contributed by atoms with Crippen LogP contribution in [0.2, 0.25) is 0 Å². The average Bonchev–Trinajstić information content (AvgIpc) is 3.44. The molecule has 0 bridgehead atoms. The summed E-state index contributed by atoms with van der Waals surface area (Å²) in [6.45, 7) is 10.9. The van der Waals surface area contributed by atoms with Crippen LogP contribution >= 0.6 is 0 Å². The maximum absolute atomic E-state index is 13.2. The summed E-state index contributed by atoms with van der Waals surface area (Å²) >= 11 is 0. The van der Waals surface area contributed by atoms with E-state index in [-0.39, 0.29) is 11.2 Å². The molecule has 0 heterocycles. The number of nitrogens with zero attached hydrogens (tertiary/aromatic N) is 2. The lowest BCUT2D eigenvalue weighted by Crippen LogP contribution is -2.45. The number of hydrogen-bond acceptors (Lipinski definition) is 2. The van der Waals surface area contributed by atoms with Crippen LogP contribution in [0.25, 0.3) is 0 Å². The minimum absolute atomic E-state index is 0.136. The molecule has 146 valence electrons. The third kappa shape index (κ3) is 5.97. The van der Waals surface area contributed by atoms with E-state index in [0.29, 0.717) is 6.04 Å². The highest BCUT2D eigenvalue weighted by Crippen LogP contribution is 2.47. The molecular weight excluding hydrogens is 327 g/mol. The highest BCUT2D eigenvalue weighted by Gasteiger charge is 2.44. The van der Waals surface area contributed by atoms with Gasteiger partial charge in [0.25, 0.3) is 0 Å². The van der Waals surface area contributed by atoms with Gasteiger partial charge in [0, 0.05) is 25.0 Å². The summed E-state index contributed by atoms with van der Waals surface area (Å²) in [5.74, 6) is 0.683. The monoisotopic (exact) mass is 362 g/mol. The minimum Gasteiger partial charge on any atom is -0.356 e. The van der Waals surface area contributed by atoms with Gasteiger partial charge in [-0.3, -0.25) is 4.99 Å². The third-order valence-electron chi connectivity index (χ3n) is 5.52. The van der Waals surface area contributed by atoms with E-state index in [0.717, 1.165) is 51.4 Å². The molecule has 0 spiro atoms. The molecule has 1 saturated carbocycles. The van der Waals surface area contributed by atoms with Crippen LogP contribution in [0, 0.1) is 5.82 Å². The Hall–Kier alpha value is -1.62. The van der Waals surface area contributed by atoms with E-state index in [2.05, 4.69) is 41.3 Å². The van der Waals surface area contributed by atoms with Crippen molar-refractivity contribution < 1.29 is 4.39 Å². The topological polar surface area (TPSA) is 39.7 Å². The molecule has 2 rings (SSSR count). The molecule has 0 aliphatic heterocycles. The quantitative estimate of drug-likeness (QED) is 0.494. The van der Waals surface area contributed by atoms with Gasteiger partial charge in [0.1, 0.15) is 5.82 Å². The summed E-state index contributed by atoms with van der Waals surface area (Å²) in [6, 6.07) is 7.32. The molecule has 1 fully saturated rings. The number of guanidine groups is 1. The second kappa shape index (κ2) is 9.91. The van der Waals surface area contributed by atoms with E-state index in [4.69, 9.17) is 0 Å². The number of benzene rings is 1. The second-order valence-electron chi connectivity index (χ2n) is 7.43. The van der Waals surface area contributed by atoms with Gasteiger partial charge >= 0.3 is 0 Å². The smallest absolute Gasteiger partial charge is 0.191 e. The average molecular weight is 363 g/mol. The Kier molecular flexibility index (Phi) is 7.88. The van der Waals surface area contributed by atoms with Crippen LogP contribution in [-0.2, 0) is 5.41 Å². The fourth-order valence-electron chi connectivity index (χ4n) is 3.44. The maximum atomic E-state index is 13.2. The van der Waals surface area contributed by atoms with E-state index in [1.807, 2.05) is 19.2 Å². The van der Waals surface area contributed by atoms with Gasteiger partial charge in [-0.25, -0.2) is 4.39 Å². The van der Waals surface area contributed by atoms with Crippen LogP contribution in [0.4, 0.5) is 4.39 Å². The van der Waals surface area contributed by atoms with Crippen molar-refractivity contribution in [3.63, 3.8) is 0 Å². The van der Waals surface area contributed by atoms with Gasteiger partial charge in [-0.2, -0.15) is 0 Å². The highest BCUT2D eigenvalue weighted by atomic mass is 19.1. The van der Waals surface area contributed by atoms with Crippen molar-refractivity contribution in [2.45, 2.75) is 57.9 Å². The largest absolute Gasteiger partial charge is 0.356 e. The number of halogens is 1. The lowest BCUT2D eigenvalue weighted by Gasteiger charge is -2.23. The van der Waals surface area contributed by atoms with Gasteiger partial charge in [-0.1, -0.05) is 26.0 Å². The lowest BCUT2D eigenvalue weighted by atomic mass is 9.96. The normalized spacial score (nSPS) is 17.2. The van der Waals surface area contributed by atoms with Gasteiger partial charge in [0.05, 0.1) is 0 Å². The van der Waals surface area contributed by atoms with Crippen LogP contribution in [0.3, 0.4) is 0 Å². The Morgan fingerprint density at radius 3 is 2.42 bits per heavy atom. The van der Waals surface area contributed by atoms with Crippen LogP contribution in [-0.4, -0.2) is 50.1 Å². The molecule has 0 aromatic heterocycles. The molecule has 1 atom stereocenters. The summed E-state index contributed by atoms with van der Waals surface area (Å²) in [6.07, 6.45) is 4.59. The molecule has 1 aliphatic rings. The molecule has 0 saturated heterocycles. The molecule has 1 aromatic rings. The van der Waals surface area contributed by atoms with Gasteiger partial charge in [0.2, 0.25) is 0 Å². The van der Waals surface area contributed by atoms with E-state index in [1.165, 1.54) is 12.0 Å². The zero-order valence-electron chi connectivity index (χ0n) is 16.8. The van der Waals surface area contributed by atoms with Crippen LogP contribution in [0.15, 0.2) is 29.3 Å². The number of rotatable bonds is 10. The Bertz CT molecular complexity index is 562. The number of aliphatic imine (C=N–C) groups is 1. The van der Waals surface area contributed by atoms with Crippen LogP contribution < -0.4 is 10.6 Å². The molecule has 0 radical (unpaired) electrons. The first-order chi connectivity index (χ1) is 12.5. The zero-order chi connectivity index (χ0) is 19.0. The molecule has 5 heteroatoms. The van der Waals surface area contributed by atoms with Crippen molar-refractivity contribution in [2.24, 2.45) is 4.99 Å². The highest BCUT2D eigenvalue weighted by molar-refractivity contribution is 5.80. The lowest BCUT2D eigenvalue weighted by molar-refractivity contribution is 0.292. The number of nitrogens with one attached hydrogen (secondary N) is 2. The summed E-state index contributed by atoms with van der Waals surface area (Å²) < 4.78 is 13.2. The maximum Gasteiger partial charge on any atom is 0.191 e. The van der Waals surface area contributed by atoms with E-state index >= 15 is 0 Å². The summed E-state index contributed by atoms with van der Waals surface area (Å²) in [4.78, 5) is 6.82. The Morgan fingerprint density at radius 2 is 1.88 bits per heavy atom. The fraction of sp³-hybridized carbons (Fsp3) is 0.667. The molecule has 1 aliphatic carbocycles. The SMILES string of the molecule is CCN(CC)CCCC(C)NC(=NC)NCC1(c2ccc(F)cc2)CC1. The van der Waals surface area contributed by atoms with Crippen LogP contribution in [0.5, 0.6) is 0 Å². The van der Waals surface area contributed by atoms with Gasteiger partial charge in [-0.15, -0.1) is 0 Å². The van der Waals surface area contributed by atoms with Gasteiger partial charge < -0.3 is 15.5 Å². The van der Waals surface area contributed by atoms with Gasteiger partial charge in [0.15, 0.2) is 5.96 Å². The molecular formula is C21H35FN4. The standard InChI is InChI=1S/C21H35FN4/c1-5-26(6-2)15-7-8-17(3)25-20(23-4)24-16-21(13-14-21)18-9-11-19(22)12-10-18/h9-12,17H,5-8,13-16H2,1-4H3,(H2,23,24,25). The van der Waals surface area contributed by atoms with Crippen molar-refractivity contribution in [2.75, 3.05) is 33.2 Å². The molecule has 2 N–H and O–H groups in total. The molecule has 1 unspecified atom stereocenters. The Balaban J connectivity index is 1.76. The molecule has 26 heavy (non-hydrogen) atoms. The van der Waals surface area contributed by atoms with Gasteiger partial charge in [-0.05, 0) is 69.9 Å².